The number of hydrogen-bond donors (Lipinski definition) is 1. The minimum Gasteiger partial charge on any atom is -0.492 e. The van der Waals surface area contributed by atoms with Gasteiger partial charge in [-0.3, -0.25) is 4.21 Å². The van der Waals surface area contributed by atoms with E-state index in [-0.39, 0.29) is 11.3 Å². The van der Waals surface area contributed by atoms with Crippen LogP contribution in [0.1, 0.15) is 11.6 Å². The maximum atomic E-state index is 12.7. The van der Waals surface area contributed by atoms with Crippen molar-refractivity contribution in [2.75, 3.05) is 6.61 Å². The highest BCUT2D eigenvalue weighted by Gasteiger charge is 2.33. The molecule has 0 radical (unpaired) electrons. The molecule has 0 fully saturated rings. The van der Waals surface area contributed by atoms with Crippen molar-refractivity contribution in [1.29, 1.82) is 0 Å². The van der Waals surface area contributed by atoms with E-state index < -0.39 is 10.8 Å². The number of para-hydroxylation sites is 1. The average Bonchev–Trinajstić information content (AvgIpc) is 2.48. The van der Waals surface area contributed by atoms with E-state index in [4.69, 9.17) is 22.1 Å². The van der Waals surface area contributed by atoms with Gasteiger partial charge in [-0.05, 0) is 18.2 Å². The third-order valence-electron chi connectivity index (χ3n) is 3.41. The van der Waals surface area contributed by atoms with Gasteiger partial charge in [0.25, 0.3) is 0 Å². The molecule has 20 heavy (non-hydrogen) atoms. The maximum Gasteiger partial charge on any atom is 0.124 e. The molecule has 2 aromatic rings. The molecule has 0 amide bonds. The highest BCUT2D eigenvalue weighted by atomic mass is 35.5. The molecule has 0 spiro atoms. The summed E-state index contributed by atoms with van der Waals surface area (Å²) in [6, 6.07) is 14.4. The monoisotopic (exact) mass is 307 g/mol. The number of fused-ring (bicyclic) bond motifs is 1. The molecule has 5 heteroatoms. The molecule has 3 unspecified atom stereocenters. The first-order valence-corrected chi connectivity index (χ1v) is 7.90. The standard InChI is InChI=1S/C15H14ClNO2S/c16-11-6-2-4-8-13(11)20(18)14-9-19-12-7-3-1-5-10(12)15(14)17/h1-8,14-15H,9,17H2. The highest BCUT2D eigenvalue weighted by Crippen LogP contribution is 2.35. The van der Waals surface area contributed by atoms with E-state index in [9.17, 15) is 4.21 Å². The molecule has 0 aromatic heterocycles. The number of hydrogen-bond acceptors (Lipinski definition) is 3. The van der Waals surface area contributed by atoms with Gasteiger partial charge in [0.1, 0.15) is 12.4 Å². The Kier molecular flexibility index (Phi) is 3.78. The lowest BCUT2D eigenvalue weighted by Gasteiger charge is -2.30. The first kappa shape index (κ1) is 13.6. The number of nitrogens with two attached hydrogens (primary N) is 1. The Hall–Kier alpha value is -1.36. The van der Waals surface area contributed by atoms with E-state index in [1.165, 1.54) is 0 Å². The van der Waals surface area contributed by atoms with Crippen LogP contribution in [-0.4, -0.2) is 16.1 Å². The summed E-state index contributed by atoms with van der Waals surface area (Å²) in [5, 5.41) is 0.196. The molecule has 2 aromatic carbocycles. The van der Waals surface area contributed by atoms with E-state index in [1.807, 2.05) is 36.4 Å². The van der Waals surface area contributed by atoms with Gasteiger partial charge in [0.15, 0.2) is 0 Å². The van der Waals surface area contributed by atoms with E-state index in [2.05, 4.69) is 0 Å². The number of halogens is 1. The van der Waals surface area contributed by atoms with Crippen LogP contribution in [0.5, 0.6) is 5.75 Å². The Morgan fingerprint density at radius 1 is 1.15 bits per heavy atom. The molecular weight excluding hydrogens is 294 g/mol. The largest absolute Gasteiger partial charge is 0.492 e. The van der Waals surface area contributed by atoms with Gasteiger partial charge in [-0.1, -0.05) is 41.9 Å². The average molecular weight is 308 g/mol. The van der Waals surface area contributed by atoms with Gasteiger partial charge >= 0.3 is 0 Å². The second-order valence-electron chi connectivity index (χ2n) is 4.64. The van der Waals surface area contributed by atoms with Gasteiger partial charge in [0.2, 0.25) is 0 Å². The minimum atomic E-state index is -1.30. The van der Waals surface area contributed by atoms with Crippen molar-refractivity contribution < 1.29 is 8.95 Å². The zero-order valence-electron chi connectivity index (χ0n) is 10.7. The van der Waals surface area contributed by atoms with Crippen LogP contribution in [0.25, 0.3) is 0 Å². The normalized spacial score (nSPS) is 22.7. The van der Waals surface area contributed by atoms with Crippen LogP contribution in [0.4, 0.5) is 0 Å². The SMILES string of the molecule is NC1c2ccccc2OCC1S(=O)c1ccccc1Cl. The van der Waals surface area contributed by atoms with Crippen molar-refractivity contribution in [2.45, 2.75) is 16.2 Å². The van der Waals surface area contributed by atoms with Gasteiger partial charge in [0, 0.05) is 5.56 Å². The number of rotatable bonds is 2. The summed E-state index contributed by atoms with van der Waals surface area (Å²) in [5.41, 5.74) is 7.16. The van der Waals surface area contributed by atoms with Gasteiger partial charge in [0.05, 0.1) is 32.0 Å². The van der Waals surface area contributed by atoms with E-state index in [1.54, 1.807) is 12.1 Å². The second kappa shape index (κ2) is 5.56. The fourth-order valence-corrected chi connectivity index (χ4v) is 4.10. The lowest BCUT2D eigenvalue weighted by Crippen LogP contribution is -2.39. The smallest absolute Gasteiger partial charge is 0.124 e. The van der Waals surface area contributed by atoms with Crippen molar-refractivity contribution in [2.24, 2.45) is 5.73 Å². The van der Waals surface area contributed by atoms with Gasteiger partial charge in [-0.15, -0.1) is 0 Å². The predicted octanol–water partition coefficient (Wildman–Crippen LogP) is 2.91. The van der Waals surface area contributed by atoms with Crippen molar-refractivity contribution >= 4 is 22.4 Å². The van der Waals surface area contributed by atoms with Crippen LogP contribution in [0, 0.1) is 0 Å². The molecule has 3 nitrogen and oxygen atoms in total. The summed E-state index contributed by atoms with van der Waals surface area (Å²) in [6.07, 6.45) is 0. The summed E-state index contributed by atoms with van der Waals surface area (Å²) < 4.78 is 18.4. The van der Waals surface area contributed by atoms with Crippen LogP contribution in [0.2, 0.25) is 5.02 Å². The molecule has 1 heterocycles. The second-order valence-corrected chi connectivity index (χ2v) is 6.69. The molecule has 2 N–H and O–H groups in total. The zero-order valence-corrected chi connectivity index (χ0v) is 12.2. The lowest BCUT2D eigenvalue weighted by molar-refractivity contribution is 0.273. The van der Waals surface area contributed by atoms with Gasteiger partial charge < -0.3 is 10.5 Å². The number of benzene rings is 2. The molecule has 0 saturated carbocycles. The Balaban J connectivity index is 1.93. The molecule has 0 aliphatic carbocycles. The first-order valence-electron chi connectivity index (χ1n) is 6.31. The van der Waals surface area contributed by atoms with Crippen molar-refractivity contribution in [3.63, 3.8) is 0 Å². The Labute approximate surface area is 125 Å². The zero-order chi connectivity index (χ0) is 14.1. The molecule has 0 saturated heterocycles. The molecule has 104 valence electrons. The van der Waals surface area contributed by atoms with Crippen LogP contribution in [-0.2, 0) is 10.8 Å². The quantitative estimate of drug-likeness (QED) is 0.928. The molecule has 3 atom stereocenters. The van der Waals surface area contributed by atoms with Crippen LogP contribution in [0.3, 0.4) is 0 Å². The van der Waals surface area contributed by atoms with Gasteiger partial charge in [-0.25, -0.2) is 0 Å². The summed E-state index contributed by atoms with van der Waals surface area (Å²) in [5.74, 6) is 0.771. The molecular formula is C15H14ClNO2S. The predicted molar refractivity (Wildman–Crippen MR) is 80.5 cm³/mol. The van der Waals surface area contributed by atoms with Crippen molar-refractivity contribution in [3.05, 3.63) is 59.1 Å². The van der Waals surface area contributed by atoms with Crippen LogP contribution >= 0.6 is 11.6 Å². The van der Waals surface area contributed by atoms with E-state index in [0.29, 0.717) is 16.5 Å². The Morgan fingerprint density at radius 3 is 2.65 bits per heavy atom. The first-order chi connectivity index (χ1) is 9.68. The summed E-state index contributed by atoms with van der Waals surface area (Å²) >= 11 is 6.11. The lowest BCUT2D eigenvalue weighted by atomic mass is 10.0. The molecule has 1 aliphatic heterocycles. The highest BCUT2D eigenvalue weighted by molar-refractivity contribution is 7.86. The Bertz CT molecular complexity index is 662. The van der Waals surface area contributed by atoms with E-state index in [0.717, 1.165) is 11.3 Å². The van der Waals surface area contributed by atoms with Crippen molar-refractivity contribution in [3.8, 4) is 5.75 Å². The van der Waals surface area contributed by atoms with Crippen LogP contribution < -0.4 is 10.5 Å². The third kappa shape index (κ3) is 2.35. The minimum absolute atomic E-state index is 0.301. The van der Waals surface area contributed by atoms with Gasteiger partial charge in [-0.2, -0.15) is 0 Å². The molecule has 3 rings (SSSR count). The maximum absolute atomic E-state index is 12.7. The third-order valence-corrected chi connectivity index (χ3v) is 5.62. The topological polar surface area (TPSA) is 52.3 Å². The fourth-order valence-electron chi connectivity index (χ4n) is 2.33. The van der Waals surface area contributed by atoms with E-state index >= 15 is 0 Å². The molecule has 1 aliphatic rings. The summed E-state index contributed by atoms with van der Waals surface area (Å²) in [7, 11) is -1.30. The van der Waals surface area contributed by atoms with Crippen molar-refractivity contribution in [1.82, 2.24) is 0 Å². The summed E-state index contributed by atoms with van der Waals surface area (Å²) in [6.45, 7) is 0.329. The summed E-state index contributed by atoms with van der Waals surface area (Å²) in [4.78, 5) is 0.609. The number of ether oxygens (including phenoxy) is 1. The molecule has 0 bridgehead atoms. The Morgan fingerprint density at radius 2 is 1.85 bits per heavy atom. The fraction of sp³-hybridized carbons (Fsp3) is 0.200. The van der Waals surface area contributed by atoms with Crippen LogP contribution in [0.15, 0.2) is 53.4 Å².